The Bertz CT molecular complexity index is 588. The van der Waals surface area contributed by atoms with E-state index in [0.717, 1.165) is 0 Å². The van der Waals surface area contributed by atoms with E-state index in [1.807, 2.05) is 6.07 Å². The number of hydrogen-bond donors (Lipinski definition) is 1. The molecule has 0 saturated carbocycles. The van der Waals surface area contributed by atoms with Crippen molar-refractivity contribution in [1.29, 1.82) is 5.26 Å². The van der Waals surface area contributed by atoms with Crippen LogP contribution in [0.2, 0.25) is 5.02 Å². The zero-order chi connectivity index (χ0) is 16.8. The lowest BCUT2D eigenvalue weighted by Crippen LogP contribution is -2.29. The van der Waals surface area contributed by atoms with Crippen LogP contribution in [0.5, 0.6) is 0 Å². The van der Waals surface area contributed by atoms with Crippen LogP contribution in [-0.4, -0.2) is 17.5 Å². The van der Waals surface area contributed by atoms with Crippen LogP contribution in [0.1, 0.15) is 45.2 Å². The summed E-state index contributed by atoms with van der Waals surface area (Å²) >= 11 is 6.00. The fraction of sp³-hybridized carbons (Fsp3) is 0.438. The summed E-state index contributed by atoms with van der Waals surface area (Å²) in [5.74, 6) is -0.855. The van der Waals surface area contributed by atoms with Crippen LogP contribution in [0.15, 0.2) is 24.3 Å². The number of carbonyl (C=O) groups excluding carboxylic acids is 2. The van der Waals surface area contributed by atoms with Gasteiger partial charge in [-0.2, -0.15) is 5.26 Å². The second-order valence-corrected chi connectivity index (χ2v) is 6.14. The van der Waals surface area contributed by atoms with E-state index >= 15 is 0 Å². The Morgan fingerprint density at radius 3 is 2.50 bits per heavy atom. The molecule has 1 aromatic rings. The molecule has 6 heteroatoms. The van der Waals surface area contributed by atoms with E-state index in [0.29, 0.717) is 10.6 Å². The lowest BCUT2D eigenvalue weighted by Gasteiger charge is -2.19. The van der Waals surface area contributed by atoms with Crippen molar-refractivity contribution in [2.45, 2.75) is 45.3 Å². The molecule has 1 amide bonds. The molecule has 0 radical (unpaired) electrons. The van der Waals surface area contributed by atoms with Crippen molar-refractivity contribution in [3.8, 4) is 6.07 Å². The molecule has 118 valence electrons. The van der Waals surface area contributed by atoms with Gasteiger partial charge in [0.15, 0.2) is 0 Å². The highest BCUT2D eigenvalue weighted by molar-refractivity contribution is 6.31. The molecule has 0 bridgehead atoms. The number of amides is 1. The van der Waals surface area contributed by atoms with E-state index in [1.165, 1.54) is 0 Å². The van der Waals surface area contributed by atoms with Crippen LogP contribution in [0.4, 0.5) is 0 Å². The summed E-state index contributed by atoms with van der Waals surface area (Å²) in [5.41, 5.74) is -0.0578. The van der Waals surface area contributed by atoms with Crippen LogP contribution in [-0.2, 0) is 14.3 Å². The lowest BCUT2D eigenvalue weighted by atomic mass is 10.1. The molecule has 0 aliphatic rings. The van der Waals surface area contributed by atoms with E-state index in [-0.39, 0.29) is 12.8 Å². The van der Waals surface area contributed by atoms with Gasteiger partial charge in [0.25, 0.3) is 0 Å². The smallest absolute Gasteiger partial charge is 0.306 e. The number of carbonyl (C=O) groups is 2. The Kier molecular flexibility index (Phi) is 6.39. The molecule has 1 N–H and O–H groups in total. The van der Waals surface area contributed by atoms with Gasteiger partial charge in [-0.3, -0.25) is 9.59 Å². The predicted molar refractivity (Wildman–Crippen MR) is 83.0 cm³/mol. The van der Waals surface area contributed by atoms with Gasteiger partial charge in [-0.25, -0.2) is 0 Å². The van der Waals surface area contributed by atoms with Crippen molar-refractivity contribution in [2.75, 3.05) is 0 Å². The molecule has 0 spiro atoms. The summed E-state index contributed by atoms with van der Waals surface area (Å²) in [5, 5.41) is 12.1. The zero-order valence-corrected chi connectivity index (χ0v) is 13.6. The highest BCUT2D eigenvalue weighted by atomic mass is 35.5. The molecule has 1 atom stereocenters. The predicted octanol–water partition coefficient (Wildman–Crippen LogP) is 3.14. The summed E-state index contributed by atoms with van der Waals surface area (Å²) in [6.07, 6.45) is -0.0820. The molecule has 0 heterocycles. The Balaban J connectivity index is 2.55. The molecule has 1 unspecified atom stereocenters. The first-order chi connectivity index (χ1) is 10.2. The number of halogens is 1. The maximum atomic E-state index is 11.9. The van der Waals surface area contributed by atoms with Crippen molar-refractivity contribution in [3.63, 3.8) is 0 Å². The Morgan fingerprint density at radius 2 is 1.95 bits per heavy atom. The molecule has 0 saturated heterocycles. The van der Waals surface area contributed by atoms with Crippen LogP contribution in [0, 0.1) is 11.3 Å². The first-order valence-electron chi connectivity index (χ1n) is 6.88. The Hall–Kier alpha value is -2.06. The van der Waals surface area contributed by atoms with Crippen molar-refractivity contribution in [2.24, 2.45) is 0 Å². The standard InChI is InChI=1S/C16H19ClN2O3/c1-16(2,3)22-15(21)9-8-14(20)19-13(10-18)11-6-4-5-7-12(11)17/h4-7,13H,8-9H2,1-3H3,(H,19,20). The van der Waals surface area contributed by atoms with Gasteiger partial charge in [-0.15, -0.1) is 0 Å². The average Bonchev–Trinajstić information content (AvgIpc) is 2.41. The van der Waals surface area contributed by atoms with Gasteiger partial charge in [-0.1, -0.05) is 29.8 Å². The molecule has 5 nitrogen and oxygen atoms in total. The number of ether oxygens (including phenoxy) is 1. The third-order valence-electron chi connectivity index (χ3n) is 2.63. The SMILES string of the molecule is CC(C)(C)OC(=O)CCC(=O)NC(C#N)c1ccccc1Cl. The van der Waals surface area contributed by atoms with Gasteiger partial charge in [-0.05, 0) is 26.8 Å². The molecular formula is C16H19ClN2O3. The van der Waals surface area contributed by atoms with E-state index in [4.69, 9.17) is 21.6 Å². The van der Waals surface area contributed by atoms with E-state index in [9.17, 15) is 9.59 Å². The molecule has 0 aliphatic heterocycles. The lowest BCUT2D eigenvalue weighted by molar-refractivity contribution is -0.155. The number of nitriles is 1. The van der Waals surface area contributed by atoms with Crippen molar-refractivity contribution >= 4 is 23.5 Å². The molecule has 0 aliphatic carbocycles. The van der Waals surface area contributed by atoms with Crippen LogP contribution in [0.3, 0.4) is 0 Å². The molecule has 1 aromatic carbocycles. The number of nitrogens with zero attached hydrogens (tertiary/aromatic N) is 1. The number of nitrogens with one attached hydrogen (secondary N) is 1. The summed E-state index contributed by atoms with van der Waals surface area (Å²) in [6.45, 7) is 5.27. The summed E-state index contributed by atoms with van der Waals surface area (Å²) < 4.78 is 5.12. The van der Waals surface area contributed by atoms with Crippen LogP contribution < -0.4 is 5.32 Å². The third kappa shape index (κ3) is 6.15. The van der Waals surface area contributed by atoms with Crippen molar-refractivity contribution in [1.82, 2.24) is 5.32 Å². The van der Waals surface area contributed by atoms with E-state index < -0.39 is 23.5 Å². The molecule has 0 fully saturated rings. The minimum absolute atomic E-state index is 0.0379. The molecule has 1 rings (SSSR count). The molecule has 22 heavy (non-hydrogen) atoms. The van der Waals surface area contributed by atoms with Gasteiger partial charge >= 0.3 is 5.97 Å². The maximum absolute atomic E-state index is 11.9. The quantitative estimate of drug-likeness (QED) is 0.844. The van der Waals surface area contributed by atoms with E-state index in [2.05, 4.69) is 5.32 Å². The molecule has 0 aromatic heterocycles. The van der Waals surface area contributed by atoms with Gasteiger partial charge in [0.2, 0.25) is 5.91 Å². The number of esters is 1. The average molecular weight is 323 g/mol. The van der Waals surface area contributed by atoms with Crippen LogP contribution >= 0.6 is 11.6 Å². The normalized spacial score (nSPS) is 12.1. The number of benzene rings is 1. The van der Waals surface area contributed by atoms with Gasteiger partial charge in [0.05, 0.1) is 12.5 Å². The maximum Gasteiger partial charge on any atom is 0.306 e. The third-order valence-corrected chi connectivity index (χ3v) is 2.97. The summed E-state index contributed by atoms with van der Waals surface area (Å²) in [7, 11) is 0. The first kappa shape index (κ1) is 18.0. The Labute approximate surface area is 135 Å². The number of rotatable bonds is 5. The fourth-order valence-corrected chi connectivity index (χ4v) is 1.97. The monoisotopic (exact) mass is 322 g/mol. The zero-order valence-electron chi connectivity index (χ0n) is 12.9. The second-order valence-electron chi connectivity index (χ2n) is 5.74. The Morgan fingerprint density at radius 1 is 1.32 bits per heavy atom. The van der Waals surface area contributed by atoms with Crippen LogP contribution in [0.25, 0.3) is 0 Å². The van der Waals surface area contributed by atoms with E-state index in [1.54, 1.807) is 45.0 Å². The highest BCUT2D eigenvalue weighted by Crippen LogP contribution is 2.22. The largest absolute Gasteiger partial charge is 0.460 e. The fourth-order valence-electron chi connectivity index (χ4n) is 1.73. The van der Waals surface area contributed by atoms with Gasteiger partial charge in [0, 0.05) is 17.0 Å². The highest BCUT2D eigenvalue weighted by Gasteiger charge is 2.19. The minimum atomic E-state index is -0.847. The minimum Gasteiger partial charge on any atom is -0.460 e. The summed E-state index contributed by atoms with van der Waals surface area (Å²) in [4.78, 5) is 23.4. The molecular weight excluding hydrogens is 304 g/mol. The number of hydrogen-bond acceptors (Lipinski definition) is 4. The van der Waals surface area contributed by atoms with Gasteiger partial charge < -0.3 is 10.1 Å². The van der Waals surface area contributed by atoms with Crippen molar-refractivity contribution < 1.29 is 14.3 Å². The van der Waals surface area contributed by atoms with Gasteiger partial charge in [0.1, 0.15) is 11.6 Å². The first-order valence-corrected chi connectivity index (χ1v) is 7.26. The topological polar surface area (TPSA) is 79.2 Å². The van der Waals surface area contributed by atoms with Crippen molar-refractivity contribution in [3.05, 3.63) is 34.9 Å². The summed E-state index contributed by atoms with van der Waals surface area (Å²) in [6, 6.07) is 7.93. The second kappa shape index (κ2) is 7.81.